The van der Waals surface area contributed by atoms with Gasteiger partial charge in [-0.25, -0.2) is 4.98 Å². The Labute approximate surface area is 158 Å². The highest BCUT2D eigenvalue weighted by atomic mass is 16.2. The number of hydrogen-bond acceptors (Lipinski definition) is 3. The second-order valence-electron chi connectivity index (χ2n) is 7.40. The molecule has 5 rings (SSSR count). The van der Waals surface area contributed by atoms with Crippen LogP contribution in [0.5, 0.6) is 0 Å². The number of benzene rings is 1. The van der Waals surface area contributed by atoms with Crippen LogP contribution in [-0.2, 0) is 19.4 Å². The Morgan fingerprint density at radius 2 is 1.89 bits per heavy atom. The first-order valence-electron chi connectivity index (χ1n) is 9.64. The van der Waals surface area contributed by atoms with Crippen LogP contribution in [0.3, 0.4) is 0 Å². The average molecular weight is 358 g/mol. The van der Waals surface area contributed by atoms with Crippen molar-refractivity contribution < 1.29 is 4.79 Å². The number of aryl methyl sites for hydroxylation is 2. The molecule has 5 nitrogen and oxygen atoms in total. The Hall–Kier alpha value is -2.95. The number of pyridine rings is 1. The largest absolute Gasteiger partial charge is 0.330 e. The van der Waals surface area contributed by atoms with Gasteiger partial charge in [0.05, 0.1) is 6.04 Å². The summed E-state index contributed by atoms with van der Waals surface area (Å²) < 4.78 is 1.94. The zero-order valence-corrected chi connectivity index (χ0v) is 15.2. The van der Waals surface area contributed by atoms with E-state index in [-0.39, 0.29) is 11.9 Å². The lowest BCUT2D eigenvalue weighted by Crippen LogP contribution is -2.41. The monoisotopic (exact) mass is 358 g/mol. The average Bonchev–Trinajstić information content (AvgIpc) is 3.27. The van der Waals surface area contributed by atoms with E-state index in [9.17, 15) is 4.79 Å². The number of aromatic nitrogens is 3. The van der Waals surface area contributed by atoms with Crippen molar-refractivity contribution in [3.63, 3.8) is 0 Å². The fourth-order valence-corrected chi connectivity index (χ4v) is 4.29. The molecule has 3 heterocycles. The Bertz CT molecular complexity index is 980. The van der Waals surface area contributed by atoms with Gasteiger partial charge in [-0.1, -0.05) is 30.3 Å². The van der Waals surface area contributed by atoms with Gasteiger partial charge >= 0.3 is 0 Å². The number of nitrogens with zero attached hydrogens (tertiary/aromatic N) is 4. The van der Waals surface area contributed by atoms with Crippen LogP contribution in [0.15, 0.2) is 54.9 Å². The summed E-state index contributed by atoms with van der Waals surface area (Å²) in [6, 6.07) is 14.3. The number of fused-ring (bicyclic) bond motifs is 2. The van der Waals surface area contributed by atoms with Crippen molar-refractivity contribution in [3.8, 4) is 0 Å². The highest BCUT2D eigenvalue weighted by molar-refractivity contribution is 5.92. The van der Waals surface area contributed by atoms with E-state index in [4.69, 9.17) is 4.98 Å². The van der Waals surface area contributed by atoms with E-state index in [0.29, 0.717) is 18.8 Å². The molecule has 1 aromatic carbocycles. The van der Waals surface area contributed by atoms with E-state index in [0.717, 1.165) is 25.0 Å². The third-order valence-corrected chi connectivity index (χ3v) is 5.70. The van der Waals surface area contributed by atoms with Gasteiger partial charge in [-0.15, -0.1) is 0 Å². The molecule has 1 aliphatic carbocycles. The Morgan fingerprint density at radius 1 is 1.00 bits per heavy atom. The minimum atomic E-state index is 0.00929. The van der Waals surface area contributed by atoms with Crippen LogP contribution in [0.4, 0.5) is 0 Å². The maximum Gasteiger partial charge on any atom is 0.272 e. The molecule has 1 aliphatic heterocycles. The predicted molar refractivity (Wildman–Crippen MR) is 102 cm³/mol. The minimum absolute atomic E-state index is 0.00929. The molecule has 2 aromatic heterocycles. The number of hydrogen-bond donors (Lipinski definition) is 0. The second kappa shape index (κ2) is 6.65. The van der Waals surface area contributed by atoms with E-state index >= 15 is 0 Å². The highest BCUT2D eigenvalue weighted by Gasteiger charge is 2.30. The van der Waals surface area contributed by atoms with E-state index in [1.807, 2.05) is 34.0 Å². The quantitative estimate of drug-likeness (QED) is 0.705. The lowest BCUT2D eigenvalue weighted by atomic mass is 9.94. The van der Waals surface area contributed by atoms with Crippen LogP contribution in [0.2, 0.25) is 0 Å². The van der Waals surface area contributed by atoms with E-state index < -0.39 is 0 Å². The summed E-state index contributed by atoms with van der Waals surface area (Å²) in [4.78, 5) is 19.9. The maximum absolute atomic E-state index is 13.2. The third kappa shape index (κ3) is 2.93. The van der Waals surface area contributed by atoms with Crippen molar-refractivity contribution >= 4 is 5.91 Å². The lowest BCUT2D eigenvalue weighted by Gasteiger charge is -2.34. The SMILES string of the molecule is O=C(c1ccc2c(n1)CCCC2)N1Cc2ccccc2[C@H](n2cccn2)C1. The molecule has 136 valence electrons. The zero-order valence-electron chi connectivity index (χ0n) is 15.2. The first-order chi connectivity index (χ1) is 13.3. The molecule has 1 amide bonds. The standard InChI is InChI=1S/C22H22N4O/c27-22(20-11-10-16-6-2-4-9-19(16)24-20)25-14-17-7-1-3-8-18(17)21(15-25)26-13-5-12-23-26/h1,3,5,7-8,10-13,21H,2,4,6,9,14-15H2/t21-/m1/s1. The summed E-state index contributed by atoms with van der Waals surface area (Å²) in [5, 5.41) is 4.43. The fraction of sp³-hybridized carbons (Fsp3) is 0.318. The summed E-state index contributed by atoms with van der Waals surface area (Å²) in [5.41, 5.74) is 5.39. The molecule has 0 fully saturated rings. The molecule has 0 saturated heterocycles. The molecule has 1 atom stereocenters. The van der Waals surface area contributed by atoms with Crippen molar-refractivity contribution in [1.82, 2.24) is 19.7 Å². The van der Waals surface area contributed by atoms with Crippen LogP contribution in [0.25, 0.3) is 0 Å². The number of carbonyl (C=O) groups is 1. The molecule has 0 N–H and O–H groups in total. The topological polar surface area (TPSA) is 51.0 Å². The first-order valence-corrected chi connectivity index (χ1v) is 9.64. The zero-order chi connectivity index (χ0) is 18.2. The summed E-state index contributed by atoms with van der Waals surface area (Å²) >= 11 is 0. The Balaban J connectivity index is 1.48. The smallest absolute Gasteiger partial charge is 0.272 e. The van der Waals surface area contributed by atoms with Gasteiger partial charge in [0.2, 0.25) is 0 Å². The van der Waals surface area contributed by atoms with Crippen LogP contribution in [0.1, 0.15) is 51.8 Å². The van der Waals surface area contributed by atoms with E-state index in [1.54, 1.807) is 6.20 Å². The van der Waals surface area contributed by atoms with Crippen molar-refractivity contribution in [2.45, 2.75) is 38.3 Å². The summed E-state index contributed by atoms with van der Waals surface area (Å²) in [6.07, 6.45) is 8.19. The van der Waals surface area contributed by atoms with Crippen LogP contribution in [0, 0.1) is 0 Å². The molecule has 0 spiro atoms. The van der Waals surface area contributed by atoms with Gasteiger partial charge in [-0.2, -0.15) is 5.10 Å². The highest BCUT2D eigenvalue weighted by Crippen LogP contribution is 2.30. The summed E-state index contributed by atoms with van der Waals surface area (Å²) in [7, 11) is 0. The van der Waals surface area contributed by atoms with Gasteiger partial charge in [-0.3, -0.25) is 9.48 Å². The van der Waals surface area contributed by atoms with Crippen molar-refractivity contribution in [2.24, 2.45) is 0 Å². The normalized spacial score (nSPS) is 18.7. The van der Waals surface area contributed by atoms with Gasteiger partial charge < -0.3 is 4.90 Å². The van der Waals surface area contributed by atoms with Gasteiger partial charge in [0.1, 0.15) is 5.69 Å². The van der Waals surface area contributed by atoms with Gasteiger partial charge in [0.15, 0.2) is 0 Å². The molecule has 3 aromatic rings. The van der Waals surface area contributed by atoms with Gasteiger partial charge in [0.25, 0.3) is 5.91 Å². The van der Waals surface area contributed by atoms with Crippen molar-refractivity contribution in [3.05, 3.63) is 82.9 Å². The Kier molecular flexibility index (Phi) is 4.00. The molecule has 27 heavy (non-hydrogen) atoms. The number of carbonyl (C=O) groups excluding carboxylic acids is 1. The predicted octanol–water partition coefficient (Wildman–Crippen LogP) is 3.40. The lowest BCUT2D eigenvalue weighted by molar-refractivity contribution is 0.0700. The maximum atomic E-state index is 13.2. The molecule has 5 heteroatoms. The van der Waals surface area contributed by atoms with Gasteiger partial charge in [-0.05, 0) is 54.5 Å². The number of rotatable bonds is 2. The molecule has 2 aliphatic rings. The fourth-order valence-electron chi connectivity index (χ4n) is 4.29. The third-order valence-electron chi connectivity index (χ3n) is 5.70. The second-order valence-corrected chi connectivity index (χ2v) is 7.40. The molecular formula is C22H22N4O. The molecular weight excluding hydrogens is 336 g/mol. The van der Waals surface area contributed by atoms with Crippen LogP contribution < -0.4 is 0 Å². The summed E-state index contributed by atoms with van der Waals surface area (Å²) in [5.74, 6) is 0.00929. The van der Waals surface area contributed by atoms with Gasteiger partial charge in [0, 0.05) is 31.2 Å². The first kappa shape index (κ1) is 16.2. The molecule has 0 saturated carbocycles. The van der Waals surface area contributed by atoms with Crippen molar-refractivity contribution in [1.29, 1.82) is 0 Å². The Morgan fingerprint density at radius 3 is 2.78 bits per heavy atom. The van der Waals surface area contributed by atoms with Crippen LogP contribution in [-0.4, -0.2) is 32.1 Å². The van der Waals surface area contributed by atoms with Crippen molar-refractivity contribution in [2.75, 3.05) is 6.54 Å². The van der Waals surface area contributed by atoms with Crippen LogP contribution >= 0.6 is 0 Å². The molecule has 0 unspecified atom stereocenters. The minimum Gasteiger partial charge on any atom is -0.330 e. The van der Waals surface area contributed by atoms with E-state index in [1.165, 1.54) is 23.1 Å². The molecule has 0 bridgehead atoms. The summed E-state index contributed by atoms with van der Waals surface area (Å²) in [6.45, 7) is 1.22. The molecule has 0 radical (unpaired) electrons. The number of amides is 1. The van der Waals surface area contributed by atoms with E-state index in [2.05, 4.69) is 29.4 Å².